The molecule has 12 aromatic rings. The molecule has 0 saturated heterocycles. The Morgan fingerprint density at radius 3 is 0.917 bits per heavy atom. The molecule has 0 heterocycles. The summed E-state index contributed by atoms with van der Waals surface area (Å²) in [4.78, 5) is 4.42. The second kappa shape index (κ2) is 18.1. The summed E-state index contributed by atoms with van der Waals surface area (Å²) in [6.45, 7) is 8.59. The average Bonchev–Trinajstić information content (AvgIpc) is 3.39. The van der Waals surface area contributed by atoms with Gasteiger partial charge in [-0.15, -0.1) is 0 Å². The van der Waals surface area contributed by atoms with Gasteiger partial charge in [0.15, 0.2) is 0 Å². The van der Waals surface area contributed by atoms with E-state index in [1.54, 1.807) is 24.3 Å². The molecule has 0 N–H and O–H groups in total. The van der Waals surface area contributed by atoms with E-state index in [4.69, 9.17) is 0 Å². The average molecular weight is 933 g/mol. The van der Waals surface area contributed by atoms with Crippen LogP contribution in [0.2, 0.25) is 0 Å². The van der Waals surface area contributed by atoms with Crippen LogP contribution in [0, 0.1) is 39.3 Å². The molecule has 0 aliphatic heterocycles. The molecule has 12 aromatic carbocycles. The normalized spacial score (nSPS) is 11.5. The Balaban J connectivity index is 1.12. The molecular formula is C68H50F2N2. The topological polar surface area (TPSA) is 6.48 Å². The van der Waals surface area contributed by atoms with Crippen LogP contribution in [0.3, 0.4) is 0 Å². The van der Waals surface area contributed by atoms with Gasteiger partial charge in [-0.1, -0.05) is 146 Å². The molecule has 0 amide bonds. The Bertz CT molecular complexity index is 3650. The smallest absolute Gasteiger partial charge is 0.125 e. The van der Waals surface area contributed by atoms with Gasteiger partial charge in [-0.05, 0) is 201 Å². The number of nitrogens with zero attached hydrogens (tertiary/aromatic N) is 2. The third-order valence-electron chi connectivity index (χ3n) is 14.4. The van der Waals surface area contributed by atoms with Gasteiger partial charge in [-0.25, -0.2) is 8.78 Å². The first-order chi connectivity index (χ1) is 35.2. The minimum absolute atomic E-state index is 0.316. The maximum atomic E-state index is 15.6. The summed E-state index contributed by atoms with van der Waals surface area (Å²) in [5.41, 5.74) is 18.6. The predicted molar refractivity (Wildman–Crippen MR) is 300 cm³/mol. The van der Waals surface area contributed by atoms with Crippen molar-refractivity contribution in [2.24, 2.45) is 0 Å². The summed E-state index contributed by atoms with van der Waals surface area (Å²) in [7, 11) is 0. The van der Waals surface area contributed by atoms with Crippen molar-refractivity contribution in [1.82, 2.24) is 0 Å². The molecule has 4 heteroatoms. The number of benzene rings is 12. The van der Waals surface area contributed by atoms with Gasteiger partial charge in [0, 0.05) is 33.5 Å². The highest BCUT2D eigenvalue weighted by molar-refractivity contribution is 6.28. The Morgan fingerprint density at radius 2 is 0.597 bits per heavy atom. The first-order valence-electron chi connectivity index (χ1n) is 24.5. The van der Waals surface area contributed by atoms with Crippen molar-refractivity contribution >= 4 is 66.4 Å². The minimum atomic E-state index is -0.316. The Morgan fingerprint density at radius 1 is 0.278 bits per heavy atom. The molecule has 2 nitrogen and oxygen atoms in total. The van der Waals surface area contributed by atoms with E-state index in [2.05, 4.69) is 219 Å². The van der Waals surface area contributed by atoms with Crippen LogP contribution in [0.4, 0.5) is 42.9 Å². The second-order valence-corrected chi connectivity index (χ2v) is 19.0. The van der Waals surface area contributed by atoms with Crippen molar-refractivity contribution in [3.8, 4) is 44.5 Å². The van der Waals surface area contributed by atoms with Gasteiger partial charge >= 0.3 is 0 Å². The van der Waals surface area contributed by atoms with E-state index in [0.717, 1.165) is 99.6 Å². The lowest BCUT2D eigenvalue weighted by molar-refractivity contribution is 0.627. The summed E-state index contributed by atoms with van der Waals surface area (Å²) in [5, 5.41) is 6.39. The zero-order chi connectivity index (χ0) is 49.0. The number of anilines is 6. The van der Waals surface area contributed by atoms with Crippen LogP contribution in [-0.4, -0.2) is 0 Å². The second-order valence-electron chi connectivity index (χ2n) is 19.0. The van der Waals surface area contributed by atoms with Crippen molar-refractivity contribution in [3.63, 3.8) is 0 Å². The maximum Gasteiger partial charge on any atom is 0.125 e. The zero-order valence-corrected chi connectivity index (χ0v) is 40.6. The zero-order valence-electron chi connectivity index (χ0n) is 40.6. The lowest BCUT2D eigenvalue weighted by Gasteiger charge is -2.30. The van der Waals surface area contributed by atoms with Crippen LogP contribution in [0.15, 0.2) is 231 Å². The van der Waals surface area contributed by atoms with Crippen LogP contribution >= 0.6 is 0 Å². The van der Waals surface area contributed by atoms with E-state index in [-0.39, 0.29) is 11.6 Å². The predicted octanol–water partition coefficient (Wildman–Crippen LogP) is 19.7. The van der Waals surface area contributed by atoms with E-state index in [9.17, 15) is 0 Å². The lowest BCUT2D eigenvalue weighted by Crippen LogP contribution is -2.12. The standard InChI is InChI=1S/C68H50F2N2/c1-43-15-5-9-23-59(43)49-35-50(60-24-10-6-16-44(60)2)38-57(37-49)71(55-21-13-19-53(69)41-55)65-33-29-47-28-32-64-66(34-30-48-27-31-63(65)67(47)68(48)64)72(56-22-14-20-54(70)42-56)58-39-51(61-25-11-7-17-45(61)3)36-52(40-58)62-26-12-8-18-46(62)4/h5-42H,1-4H3. The SMILES string of the molecule is Cc1ccccc1-c1cc(-c2ccccc2C)cc(N(c2cccc(F)c2)c2ccc3ccc4c(N(c5cccc(F)c5)c5cc(-c6ccccc6C)cc(-c6ccccc6C)c5)ccc5ccc2c3c54)c1. The van der Waals surface area contributed by atoms with E-state index in [1.165, 1.54) is 34.4 Å². The summed E-state index contributed by atoms with van der Waals surface area (Å²) in [5.74, 6) is -0.632. The lowest BCUT2D eigenvalue weighted by atomic mass is 9.90. The van der Waals surface area contributed by atoms with Crippen LogP contribution in [0.5, 0.6) is 0 Å². The van der Waals surface area contributed by atoms with E-state index in [0.29, 0.717) is 11.4 Å². The molecule has 0 aliphatic rings. The van der Waals surface area contributed by atoms with Gasteiger partial charge in [0.25, 0.3) is 0 Å². The van der Waals surface area contributed by atoms with Crippen molar-refractivity contribution in [2.75, 3.05) is 9.80 Å². The molecule has 0 fully saturated rings. The highest BCUT2D eigenvalue weighted by Gasteiger charge is 2.24. The summed E-state index contributed by atoms with van der Waals surface area (Å²) in [6, 6.07) is 78.7. The fourth-order valence-corrected chi connectivity index (χ4v) is 10.9. The molecule has 0 bridgehead atoms. The Hall–Kier alpha value is -8.86. The molecule has 0 unspecified atom stereocenters. The van der Waals surface area contributed by atoms with Gasteiger partial charge in [-0.3, -0.25) is 0 Å². The van der Waals surface area contributed by atoms with Crippen LogP contribution in [0.1, 0.15) is 22.3 Å². The van der Waals surface area contributed by atoms with Gasteiger partial charge in [0.05, 0.1) is 11.4 Å². The van der Waals surface area contributed by atoms with Gasteiger partial charge < -0.3 is 9.80 Å². The maximum absolute atomic E-state index is 15.6. The van der Waals surface area contributed by atoms with Crippen LogP contribution in [-0.2, 0) is 0 Å². The summed E-state index contributed by atoms with van der Waals surface area (Å²) < 4.78 is 31.3. The molecule has 346 valence electrons. The summed E-state index contributed by atoms with van der Waals surface area (Å²) >= 11 is 0. The minimum Gasteiger partial charge on any atom is -0.310 e. The number of rotatable bonds is 10. The van der Waals surface area contributed by atoms with Crippen LogP contribution < -0.4 is 9.80 Å². The van der Waals surface area contributed by atoms with Crippen molar-refractivity contribution in [3.05, 3.63) is 264 Å². The molecule has 0 aromatic heterocycles. The fourth-order valence-electron chi connectivity index (χ4n) is 10.9. The number of hydrogen-bond acceptors (Lipinski definition) is 2. The molecule has 0 radical (unpaired) electrons. The van der Waals surface area contributed by atoms with Crippen molar-refractivity contribution in [1.29, 1.82) is 0 Å². The monoisotopic (exact) mass is 932 g/mol. The highest BCUT2D eigenvalue weighted by atomic mass is 19.1. The molecule has 72 heavy (non-hydrogen) atoms. The molecule has 0 atom stereocenters. The molecule has 12 rings (SSSR count). The van der Waals surface area contributed by atoms with Crippen LogP contribution in [0.25, 0.3) is 76.8 Å². The van der Waals surface area contributed by atoms with Crippen molar-refractivity contribution in [2.45, 2.75) is 27.7 Å². The Labute approximate surface area is 419 Å². The van der Waals surface area contributed by atoms with E-state index < -0.39 is 0 Å². The molecule has 0 spiro atoms. The van der Waals surface area contributed by atoms with E-state index >= 15 is 8.78 Å². The number of aryl methyl sites for hydroxylation is 4. The first-order valence-corrected chi connectivity index (χ1v) is 24.5. The number of hydrogen-bond donors (Lipinski definition) is 0. The quantitative estimate of drug-likeness (QED) is 0.126. The largest absolute Gasteiger partial charge is 0.310 e. The molecular weight excluding hydrogens is 883 g/mol. The third-order valence-corrected chi connectivity index (χ3v) is 14.4. The van der Waals surface area contributed by atoms with E-state index in [1.807, 2.05) is 12.1 Å². The fraction of sp³-hybridized carbons (Fsp3) is 0.0588. The van der Waals surface area contributed by atoms with Gasteiger partial charge in [0.1, 0.15) is 11.6 Å². The summed E-state index contributed by atoms with van der Waals surface area (Å²) in [6.07, 6.45) is 0. The molecule has 0 aliphatic carbocycles. The highest BCUT2D eigenvalue weighted by Crippen LogP contribution is 2.50. The third kappa shape index (κ3) is 7.92. The molecule has 0 saturated carbocycles. The van der Waals surface area contributed by atoms with Gasteiger partial charge in [-0.2, -0.15) is 0 Å². The van der Waals surface area contributed by atoms with Crippen molar-refractivity contribution < 1.29 is 8.78 Å². The van der Waals surface area contributed by atoms with Gasteiger partial charge in [0.2, 0.25) is 0 Å². The Kier molecular flexibility index (Phi) is 11.2. The number of halogens is 2. The first kappa shape index (κ1) is 44.4.